The third kappa shape index (κ3) is 3.39. The zero-order valence-corrected chi connectivity index (χ0v) is 12.9. The van der Waals surface area contributed by atoms with Crippen LogP contribution in [0.25, 0.3) is 0 Å². The van der Waals surface area contributed by atoms with Gasteiger partial charge in [-0.2, -0.15) is 0 Å². The molecule has 0 saturated heterocycles. The second-order valence-corrected chi connectivity index (χ2v) is 5.59. The predicted octanol–water partition coefficient (Wildman–Crippen LogP) is 3.40. The first kappa shape index (κ1) is 15.0. The van der Waals surface area contributed by atoms with Gasteiger partial charge in [0.15, 0.2) is 0 Å². The molecule has 2 rings (SSSR count). The molecule has 4 heteroatoms. The third-order valence-electron chi connectivity index (χ3n) is 3.20. The predicted molar refractivity (Wildman–Crippen MR) is 84.8 cm³/mol. The van der Waals surface area contributed by atoms with E-state index in [1.807, 2.05) is 54.6 Å². The molecule has 0 aromatic heterocycles. The number of ether oxygens (including phenoxy) is 1. The number of hydrogen-bond donors (Lipinski definition) is 2. The molecular formula is C16H18BrNO2. The van der Waals surface area contributed by atoms with E-state index >= 15 is 0 Å². The summed E-state index contributed by atoms with van der Waals surface area (Å²) in [6.07, 6.45) is 0. The number of anilines is 1. The lowest BCUT2D eigenvalue weighted by molar-refractivity contribution is 0.0978. The van der Waals surface area contributed by atoms with E-state index in [0.717, 1.165) is 15.7 Å². The Morgan fingerprint density at radius 2 is 1.90 bits per heavy atom. The first-order chi connectivity index (χ1) is 9.70. The molecule has 0 aliphatic carbocycles. The maximum absolute atomic E-state index is 9.94. The summed E-state index contributed by atoms with van der Waals surface area (Å²) < 4.78 is 6.31. The molecule has 2 N–H and O–H groups in total. The molecule has 20 heavy (non-hydrogen) atoms. The standard InChI is InChI=1S/C16H18BrNO2/c1-20-12-16(11-19,13-6-3-2-4-7-13)18-15-9-5-8-14(17)10-15/h2-10,18-19H,11-12H2,1H3. The van der Waals surface area contributed by atoms with Gasteiger partial charge in [-0.15, -0.1) is 0 Å². The molecule has 1 atom stereocenters. The lowest BCUT2D eigenvalue weighted by Crippen LogP contribution is -2.43. The minimum absolute atomic E-state index is 0.0582. The Morgan fingerprint density at radius 1 is 1.15 bits per heavy atom. The highest BCUT2D eigenvalue weighted by molar-refractivity contribution is 9.10. The van der Waals surface area contributed by atoms with Crippen molar-refractivity contribution >= 4 is 21.6 Å². The summed E-state index contributed by atoms with van der Waals surface area (Å²) >= 11 is 3.45. The molecule has 0 spiro atoms. The fourth-order valence-electron chi connectivity index (χ4n) is 2.21. The van der Waals surface area contributed by atoms with Gasteiger partial charge in [0.1, 0.15) is 5.54 Å². The molecule has 0 radical (unpaired) electrons. The number of hydrogen-bond acceptors (Lipinski definition) is 3. The summed E-state index contributed by atoms with van der Waals surface area (Å²) in [5.41, 5.74) is 1.26. The number of aliphatic hydroxyl groups is 1. The van der Waals surface area contributed by atoms with Crippen LogP contribution < -0.4 is 5.32 Å². The smallest absolute Gasteiger partial charge is 0.109 e. The third-order valence-corrected chi connectivity index (χ3v) is 3.69. The monoisotopic (exact) mass is 335 g/mol. The van der Waals surface area contributed by atoms with Crippen LogP contribution in [0.5, 0.6) is 0 Å². The zero-order valence-electron chi connectivity index (χ0n) is 11.3. The van der Waals surface area contributed by atoms with E-state index in [1.165, 1.54) is 0 Å². The van der Waals surface area contributed by atoms with Gasteiger partial charge < -0.3 is 15.2 Å². The van der Waals surface area contributed by atoms with Crippen molar-refractivity contribution < 1.29 is 9.84 Å². The van der Waals surface area contributed by atoms with Crippen LogP contribution in [0.2, 0.25) is 0 Å². The van der Waals surface area contributed by atoms with Crippen molar-refractivity contribution in [3.05, 3.63) is 64.6 Å². The van der Waals surface area contributed by atoms with E-state index in [0.29, 0.717) is 6.61 Å². The normalized spacial score (nSPS) is 13.8. The van der Waals surface area contributed by atoms with Gasteiger partial charge in [-0.3, -0.25) is 0 Å². The quantitative estimate of drug-likeness (QED) is 0.850. The van der Waals surface area contributed by atoms with Crippen molar-refractivity contribution in [2.45, 2.75) is 5.54 Å². The minimum atomic E-state index is -0.656. The fraction of sp³-hybridized carbons (Fsp3) is 0.250. The molecule has 0 aliphatic rings. The highest BCUT2D eigenvalue weighted by atomic mass is 79.9. The van der Waals surface area contributed by atoms with Gasteiger partial charge in [-0.1, -0.05) is 52.3 Å². The van der Waals surface area contributed by atoms with E-state index in [-0.39, 0.29) is 6.61 Å². The van der Waals surface area contributed by atoms with Gasteiger partial charge in [0, 0.05) is 17.3 Å². The van der Waals surface area contributed by atoms with Gasteiger partial charge in [0.25, 0.3) is 0 Å². The van der Waals surface area contributed by atoms with Crippen LogP contribution in [0.15, 0.2) is 59.1 Å². The van der Waals surface area contributed by atoms with Crippen molar-refractivity contribution in [2.24, 2.45) is 0 Å². The highest BCUT2D eigenvalue weighted by Crippen LogP contribution is 2.28. The van der Waals surface area contributed by atoms with Crippen LogP contribution in [-0.2, 0) is 10.3 Å². The first-order valence-corrected chi connectivity index (χ1v) is 7.18. The average molecular weight is 336 g/mol. The molecule has 0 fully saturated rings. The Labute approximate surface area is 127 Å². The molecule has 1 unspecified atom stereocenters. The molecule has 0 saturated carbocycles. The first-order valence-electron chi connectivity index (χ1n) is 6.39. The molecule has 3 nitrogen and oxygen atoms in total. The summed E-state index contributed by atoms with van der Waals surface area (Å²) in [6.45, 7) is 0.317. The molecular weight excluding hydrogens is 318 g/mol. The van der Waals surface area contributed by atoms with Gasteiger partial charge >= 0.3 is 0 Å². The zero-order chi connectivity index (χ0) is 14.4. The molecule has 2 aromatic carbocycles. The number of nitrogens with one attached hydrogen (secondary N) is 1. The molecule has 0 amide bonds. The van der Waals surface area contributed by atoms with Gasteiger partial charge in [-0.25, -0.2) is 0 Å². The molecule has 0 bridgehead atoms. The number of benzene rings is 2. The Morgan fingerprint density at radius 3 is 2.50 bits per heavy atom. The summed E-state index contributed by atoms with van der Waals surface area (Å²) in [7, 11) is 1.63. The van der Waals surface area contributed by atoms with Crippen LogP contribution in [0.1, 0.15) is 5.56 Å². The SMILES string of the molecule is COCC(CO)(Nc1cccc(Br)c1)c1ccccc1. The van der Waals surface area contributed by atoms with Gasteiger partial charge in [0.05, 0.1) is 13.2 Å². The Bertz CT molecular complexity index is 547. The van der Waals surface area contributed by atoms with Gasteiger partial charge in [0.2, 0.25) is 0 Å². The largest absolute Gasteiger partial charge is 0.393 e. The second-order valence-electron chi connectivity index (χ2n) is 4.67. The minimum Gasteiger partial charge on any atom is -0.393 e. The van der Waals surface area contributed by atoms with Crippen LogP contribution >= 0.6 is 15.9 Å². The Kier molecular flexibility index (Phi) is 5.17. The topological polar surface area (TPSA) is 41.5 Å². The summed E-state index contributed by atoms with van der Waals surface area (Å²) in [5.74, 6) is 0. The van der Waals surface area contributed by atoms with E-state index < -0.39 is 5.54 Å². The highest BCUT2D eigenvalue weighted by Gasteiger charge is 2.31. The summed E-state index contributed by atoms with van der Waals surface area (Å²) in [5, 5.41) is 13.3. The van der Waals surface area contributed by atoms with E-state index in [4.69, 9.17) is 4.74 Å². The summed E-state index contributed by atoms with van der Waals surface area (Å²) in [4.78, 5) is 0. The van der Waals surface area contributed by atoms with Crippen LogP contribution in [-0.4, -0.2) is 25.4 Å². The van der Waals surface area contributed by atoms with Crippen LogP contribution in [0.3, 0.4) is 0 Å². The number of rotatable bonds is 6. The Balaban J connectivity index is 2.37. The van der Waals surface area contributed by atoms with Crippen molar-refractivity contribution in [3.8, 4) is 0 Å². The van der Waals surface area contributed by atoms with E-state index in [1.54, 1.807) is 7.11 Å². The summed E-state index contributed by atoms with van der Waals surface area (Å²) in [6, 6.07) is 17.7. The number of methoxy groups -OCH3 is 1. The maximum Gasteiger partial charge on any atom is 0.109 e. The fourth-order valence-corrected chi connectivity index (χ4v) is 2.61. The van der Waals surface area contributed by atoms with Crippen LogP contribution in [0.4, 0.5) is 5.69 Å². The number of aliphatic hydroxyl groups excluding tert-OH is 1. The maximum atomic E-state index is 9.94. The molecule has 0 aliphatic heterocycles. The lowest BCUT2D eigenvalue weighted by atomic mass is 9.91. The van der Waals surface area contributed by atoms with E-state index in [9.17, 15) is 5.11 Å². The number of halogens is 1. The lowest BCUT2D eigenvalue weighted by Gasteiger charge is -2.34. The molecule has 106 valence electrons. The van der Waals surface area contributed by atoms with Crippen LogP contribution in [0, 0.1) is 0 Å². The van der Waals surface area contributed by atoms with Crippen molar-refractivity contribution in [3.63, 3.8) is 0 Å². The average Bonchev–Trinajstić information content (AvgIpc) is 2.48. The molecule has 2 aromatic rings. The van der Waals surface area contributed by atoms with Crippen molar-refractivity contribution in [2.75, 3.05) is 25.6 Å². The van der Waals surface area contributed by atoms with E-state index in [2.05, 4.69) is 21.2 Å². The molecule has 0 heterocycles. The van der Waals surface area contributed by atoms with Crippen molar-refractivity contribution in [1.82, 2.24) is 0 Å². The second kappa shape index (κ2) is 6.88. The Hall–Kier alpha value is -1.36. The van der Waals surface area contributed by atoms with Crippen molar-refractivity contribution in [1.29, 1.82) is 0 Å². The van der Waals surface area contributed by atoms with Gasteiger partial charge in [-0.05, 0) is 23.8 Å².